The maximum Gasteiger partial charge on any atom is 0.277 e. The number of nitrogens with zero attached hydrogens (tertiary/aromatic N) is 2. The zero-order valence-electron chi connectivity index (χ0n) is 11.8. The Morgan fingerprint density at radius 1 is 1.04 bits per heavy atom. The molecule has 0 unspecified atom stereocenters. The summed E-state index contributed by atoms with van der Waals surface area (Å²) in [5.74, 6) is -0.734. The van der Waals surface area contributed by atoms with Crippen molar-refractivity contribution < 1.29 is 14.6 Å². The molecule has 1 N–H and O–H groups in total. The van der Waals surface area contributed by atoms with Crippen LogP contribution in [0.3, 0.4) is 0 Å². The summed E-state index contributed by atoms with van der Waals surface area (Å²) in [6, 6.07) is 7.64. The molecular weight excluding hydrogens is 326 g/mol. The summed E-state index contributed by atoms with van der Waals surface area (Å²) in [6.45, 7) is 1.82. The van der Waals surface area contributed by atoms with Crippen molar-refractivity contribution in [1.29, 1.82) is 0 Å². The lowest BCUT2D eigenvalue weighted by Gasteiger charge is -2.08. The number of nitro groups is 2. The molecule has 0 saturated heterocycles. The highest BCUT2D eigenvalue weighted by Crippen LogP contribution is 2.26. The number of hydrogen-bond acceptors (Lipinski definition) is 5. The van der Waals surface area contributed by atoms with Crippen LogP contribution in [0.2, 0.25) is 5.02 Å². The van der Waals surface area contributed by atoms with Crippen LogP contribution >= 0.6 is 11.6 Å². The first-order valence-electron chi connectivity index (χ1n) is 6.29. The summed E-state index contributed by atoms with van der Waals surface area (Å²) in [4.78, 5) is 32.2. The van der Waals surface area contributed by atoms with Crippen LogP contribution < -0.4 is 5.32 Å². The standard InChI is InChI=1S/C14H10ClN3O5/c1-8-2-3-13(12(15)4-8)16-14(19)9-5-10(17(20)21)7-11(6-9)18(22)23/h2-7H,1H3,(H,16,19). The lowest BCUT2D eigenvalue weighted by molar-refractivity contribution is -0.394. The molecule has 0 aliphatic carbocycles. The second kappa shape index (κ2) is 6.41. The Labute approximate surface area is 135 Å². The van der Waals surface area contributed by atoms with Crippen molar-refractivity contribution in [2.75, 3.05) is 5.32 Å². The Balaban J connectivity index is 2.38. The lowest BCUT2D eigenvalue weighted by Crippen LogP contribution is -2.13. The Morgan fingerprint density at radius 3 is 2.09 bits per heavy atom. The van der Waals surface area contributed by atoms with Gasteiger partial charge in [-0.25, -0.2) is 0 Å². The average molecular weight is 336 g/mol. The van der Waals surface area contributed by atoms with E-state index < -0.39 is 27.1 Å². The van der Waals surface area contributed by atoms with Gasteiger partial charge in [0.25, 0.3) is 17.3 Å². The normalized spacial score (nSPS) is 10.2. The molecule has 118 valence electrons. The van der Waals surface area contributed by atoms with Crippen LogP contribution in [0, 0.1) is 27.2 Å². The first-order chi connectivity index (χ1) is 10.8. The number of hydrogen-bond donors (Lipinski definition) is 1. The summed E-state index contributed by atoms with van der Waals surface area (Å²) in [6.07, 6.45) is 0. The molecule has 0 atom stereocenters. The molecule has 0 bridgehead atoms. The zero-order chi connectivity index (χ0) is 17.1. The van der Waals surface area contributed by atoms with Gasteiger partial charge in [0.05, 0.1) is 32.2 Å². The molecule has 8 nitrogen and oxygen atoms in total. The molecule has 0 fully saturated rings. The maximum atomic E-state index is 12.2. The lowest BCUT2D eigenvalue weighted by atomic mass is 10.1. The van der Waals surface area contributed by atoms with Crippen LogP contribution in [0.25, 0.3) is 0 Å². The number of rotatable bonds is 4. The van der Waals surface area contributed by atoms with E-state index in [-0.39, 0.29) is 5.56 Å². The first kappa shape index (κ1) is 16.4. The smallest absolute Gasteiger partial charge is 0.277 e. The molecule has 2 aromatic carbocycles. The fraction of sp³-hybridized carbons (Fsp3) is 0.0714. The SMILES string of the molecule is Cc1ccc(NC(=O)c2cc([N+](=O)[O-])cc([N+](=O)[O-])c2)c(Cl)c1. The van der Waals surface area contributed by atoms with E-state index in [9.17, 15) is 25.0 Å². The van der Waals surface area contributed by atoms with Crippen LogP contribution in [0.15, 0.2) is 36.4 Å². The van der Waals surface area contributed by atoms with Crippen LogP contribution in [0.1, 0.15) is 15.9 Å². The first-order valence-corrected chi connectivity index (χ1v) is 6.67. The molecule has 1 amide bonds. The van der Waals surface area contributed by atoms with E-state index in [1.54, 1.807) is 18.2 Å². The summed E-state index contributed by atoms with van der Waals surface area (Å²) in [5, 5.41) is 24.4. The molecule has 2 rings (SSSR count). The van der Waals surface area contributed by atoms with E-state index in [0.717, 1.165) is 23.8 Å². The van der Waals surface area contributed by atoms with Gasteiger partial charge in [-0.3, -0.25) is 25.0 Å². The van der Waals surface area contributed by atoms with Crippen LogP contribution in [-0.4, -0.2) is 15.8 Å². The molecule has 0 heterocycles. The Bertz CT molecular complexity index is 790. The van der Waals surface area contributed by atoms with Crippen molar-refractivity contribution in [2.24, 2.45) is 0 Å². The van der Waals surface area contributed by atoms with Crippen LogP contribution in [-0.2, 0) is 0 Å². The van der Waals surface area contributed by atoms with E-state index in [4.69, 9.17) is 11.6 Å². The minimum atomic E-state index is -0.803. The molecule has 23 heavy (non-hydrogen) atoms. The Kier molecular flexibility index (Phi) is 4.56. The van der Waals surface area contributed by atoms with Gasteiger partial charge >= 0.3 is 0 Å². The molecule has 0 aromatic heterocycles. The number of amides is 1. The molecule has 2 aromatic rings. The van der Waals surface area contributed by atoms with Gasteiger partial charge in [0, 0.05) is 12.1 Å². The van der Waals surface area contributed by atoms with E-state index in [1.165, 1.54) is 0 Å². The molecule has 0 radical (unpaired) electrons. The highest BCUT2D eigenvalue weighted by Gasteiger charge is 2.20. The molecule has 0 aliphatic rings. The average Bonchev–Trinajstić information content (AvgIpc) is 2.49. The molecule has 0 saturated carbocycles. The zero-order valence-corrected chi connectivity index (χ0v) is 12.5. The van der Waals surface area contributed by atoms with Gasteiger partial charge in [-0.1, -0.05) is 17.7 Å². The van der Waals surface area contributed by atoms with Crippen LogP contribution in [0.5, 0.6) is 0 Å². The van der Waals surface area contributed by atoms with E-state index >= 15 is 0 Å². The predicted molar refractivity (Wildman–Crippen MR) is 83.9 cm³/mol. The third-order valence-corrected chi connectivity index (χ3v) is 3.27. The second-order valence-corrected chi connectivity index (χ2v) is 5.10. The maximum absolute atomic E-state index is 12.2. The number of carbonyl (C=O) groups excluding carboxylic acids is 1. The summed E-state index contributed by atoms with van der Waals surface area (Å²) in [7, 11) is 0. The topological polar surface area (TPSA) is 115 Å². The molecule has 0 spiro atoms. The number of carbonyl (C=O) groups is 1. The second-order valence-electron chi connectivity index (χ2n) is 4.69. The highest BCUT2D eigenvalue weighted by molar-refractivity contribution is 6.34. The molecule has 0 aliphatic heterocycles. The number of benzene rings is 2. The Hall–Kier alpha value is -3.00. The van der Waals surface area contributed by atoms with Crippen molar-refractivity contribution in [1.82, 2.24) is 0 Å². The van der Waals surface area contributed by atoms with Crippen LogP contribution in [0.4, 0.5) is 17.1 Å². The van der Waals surface area contributed by atoms with Crippen molar-refractivity contribution >= 4 is 34.6 Å². The number of halogens is 1. The number of aryl methyl sites for hydroxylation is 1. The van der Waals surface area contributed by atoms with Gasteiger partial charge < -0.3 is 5.32 Å². The highest BCUT2D eigenvalue weighted by atomic mass is 35.5. The number of anilines is 1. The van der Waals surface area contributed by atoms with Gasteiger partial charge in [0.2, 0.25) is 0 Å². The summed E-state index contributed by atoms with van der Waals surface area (Å²) in [5.41, 5.74) is -0.100. The van der Waals surface area contributed by atoms with Gasteiger partial charge in [-0.05, 0) is 24.6 Å². The number of nitro benzene ring substituents is 2. The third kappa shape index (κ3) is 3.80. The van der Waals surface area contributed by atoms with E-state index in [2.05, 4.69) is 5.32 Å². The monoisotopic (exact) mass is 335 g/mol. The van der Waals surface area contributed by atoms with Crippen molar-refractivity contribution in [2.45, 2.75) is 6.92 Å². The van der Waals surface area contributed by atoms with Crippen molar-refractivity contribution in [3.8, 4) is 0 Å². The summed E-state index contributed by atoms with van der Waals surface area (Å²) >= 11 is 5.99. The van der Waals surface area contributed by atoms with E-state index in [1.807, 2.05) is 6.92 Å². The van der Waals surface area contributed by atoms with Crippen molar-refractivity contribution in [3.63, 3.8) is 0 Å². The van der Waals surface area contributed by atoms with Gasteiger partial charge in [-0.15, -0.1) is 0 Å². The Morgan fingerprint density at radius 2 is 1.61 bits per heavy atom. The fourth-order valence-electron chi connectivity index (χ4n) is 1.85. The predicted octanol–water partition coefficient (Wildman–Crippen LogP) is 3.72. The van der Waals surface area contributed by atoms with Gasteiger partial charge in [-0.2, -0.15) is 0 Å². The van der Waals surface area contributed by atoms with Gasteiger partial charge in [0.15, 0.2) is 0 Å². The van der Waals surface area contributed by atoms with Gasteiger partial charge in [0.1, 0.15) is 0 Å². The fourth-order valence-corrected chi connectivity index (χ4v) is 2.14. The molecule has 9 heteroatoms. The third-order valence-electron chi connectivity index (χ3n) is 2.96. The number of nitrogens with one attached hydrogen (secondary N) is 1. The quantitative estimate of drug-likeness (QED) is 0.675. The summed E-state index contributed by atoms with van der Waals surface area (Å²) < 4.78 is 0. The van der Waals surface area contributed by atoms with Crippen molar-refractivity contribution in [3.05, 3.63) is 72.8 Å². The minimum absolute atomic E-state index is 0.206. The minimum Gasteiger partial charge on any atom is -0.321 e. The number of non-ortho nitro benzene ring substituents is 2. The largest absolute Gasteiger partial charge is 0.321 e. The van der Waals surface area contributed by atoms with E-state index in [0.29, 0.717) is 10.7 Å². The molecular formula is C14H10ClN3O5.